The number of benzene rings is 1. The van der Waals surface area contributed by atoms with Crippen molar-refractivity contribution in [1.82, 2.24) is 9.78 Å². The highest BCUT2D eigenvalue weighted by atomic mass is 32.2. The van der Waals surface area contributed by atoms with Crippen molar-refractivity contribution in [2.75, 3.05) is 6.61 Å². The zero-order chi connectivity index (χ0) is 25.5. The molecule has 34 heavy (non-hydrogen) atoms. The van der Waals surface area contributed by atoms with Gasteiger partial charge in [0.1, 0.15) is 18.0 Å². The Bertz CT molecular complexity index is 1180. The highest BCUT2D eigenvalue weighted by Crippen LogP contribution is 2.21. The Labute approximate surface area is 199 Å². The van der Waals surface area contributed by atoms with Gasteiger partial charge in [-0.15, -0.1) is 0 Å². The molecule has 186 valence electrons. The van der Waals surface area contributed by atoms with E-state index in [-0.39, 0.29) is 53.0 Å². The first-order chi connectivity index (χ1) is 15.8. The van der Waals surface area contributed by atoms with Crippen LogP contribution < -0.4 is 10.3 Å². The van der Waals surface area contributed by atoms with Gasteiger partial charge in [0.15, 0.2) is 9.84 Å². The summed E-state index contributed by atoms with van der Waals surface area (Å²) in [4.78, 5) is 23.7. The smallest absolute Gasteiger partial charge is 0.306 e. The van der Waals surface area contributed by atoms with Crippen molar-refractivity contribution in [3.05, 3.63) is 64.3 Å². The van der Waals surface area contributed by atoms with Crippen molar-refractivity contribution in [3.8, 4) is 5.75 Å². The number of sulfone groups is 1. The van der Waals surface area contributed by atoms with Gasteiger partial charge in [-0.25, -0.2) is 17.5 Å². The summed E-state index contributed by atoms with van der Waals surface area (Å²) in [7, 11) is -3.71. The monoisotopic (exact) mass is 494 g/mol. The molecule has 0 aliphatic carbocycles. The molecular formula is C24H31FN2O6S. The summed E-state index contributed by atoms with van der Waals surface area (Å²) in [5, 5.41) is 4.13. The number of esters is 1. The predicted molar refractivity (Wildman–Crippen MR) is 126 cm³/mol. The highest BCUT2D eigenvalue weighted by Gasteiger charge is 2.18. The quantitative estimate of drug-likeness (QED) is 0.457. The van der Waals surface area contributed by atoms with Crippen molar-refractivity contribution >= 4 is 15.8 Å². The molecule has 0 spiro atoms. The van der Waals surface area contributed by atoms with Crippen LogP contribution in [-0.2, 0) is 25.1 Å². The average molecular weight is 495 g/mol. The summed E-state index contributed by atoms with van der Waals surface area (Å²) in [6, 6.07) is 8.23. The number of carbonyl (C=O) groups excluding carboxylic acids is 1. The third kappa shape index (κ3) is 8.40. The number of carbonyl (C=O) groups is 1. The van der Waals surface area contributed by atoms with E-state index in [2.05, 4.69) is 5.10 Å². The Morgan fingerprint density at radius 2 is 1.76 bits per heavy atom. The van der Waals surface area contributed by atoms with Crippen molar-refractivity contribution in [2.24, 2.45) is 0 Å². The molecule has 0 aliphatic rings. The minimum Gasteiger partial charge on any atom is -0.489 e. The molecule has 0 saturated carbocycles. The van der Waals surface area contributed by atoms with Gasteiger partial charge in [-0.3, -0.25) is 9.59 Å². The molecule has 2 rings (SSSR count). The third-order valence-corrected chi connectivity index (χ3v) is 6.21. The van der Waals surface area contributed by atoms with Crippen LogP contribution in [0.25, 0.3) is 0 Å². The molecule has 0 atom stereocenters. The zero-order valence-electron chi connectivity index (χ0n) is 20.1. The van der Waals surface area contributed by atoms with E-state index < -0.39 is 21.4 Å². The first kappa shape index (κ1) is 27.2. The topological polar surface area (TPSA) is 105 Å². The van der Waals surface area contributed by atoms with Crippen LogP contribution >= 0.6 is 0 Å². The predicted octanol–water partition coefficient (Wildman–Crippen LogP) is 4.15. The van der Waals surface area contributed by atoms with E-state index in [0.717, 1.165) is 0 Å². The van der Waals surface area contributed by atoms with Crippen LogP contribution in [0.15, 0.2) is 58.0 Å². The molecule has 1 aromatic carbocycles. The molecule has 0 bridgehead atoms. The summed E-state index contributed by atoms with van der Waals surface area (Å²) in [5.41, 5.74) is -0.379. The standard InChI is InChI=1S/C24H31FN2O6S/c1-17(2)27-22(28)12-7-19(26-27)16-34(30,31)21-10-8-20(9-11-21)32-15-18(14-25)6-13-23(29)33-24(3,4)5/h7-12,14,17H,6,13,15-16H2,1-5H3/b18-14+. The fraction of sp³-hybridized carbons (Fsp3) is 0.458. The lowest BCUT2D eigenvalue weighted by atomic mass is 10.1. The van der Waals surface area contributed by atoms with Crippen LogP contribution in [0, 0.1) is 0 Å². The second-order valence-electron chi connectivity index (χ2n) is 9.07. The van der Waals surface area contributed by atoms with E-state index in [9.17, 15) is 22.4 Å². The fourth-order valence-corrected chi connectivity index (χ4v) is 4.18. The van der Waals surface area contributed by atoms with Crippen molar-refractivity contribution in [3.63, 3.8) is 0 Å². The van der Waals surface area contributed by atoms with Gasteiger partial charge in [0, 0.05) is 12.5 Å². The van der Waals surface area contributed by atoms with Gasteiger partial charge in [-0.2, -0.15) is 5.10 Å². The maximum Gasteiger partial charge on any atom is 0.306 e. The molecule has 8 nitrogen and oxygen atoms in total. The Morgan fingerprint density at radius 3 is 2.32 bits per heavy atom. The number of halogens is 1. The Kier molecular flexibility index (Phi) is 9.14. The maximum atomic E-state index is 13.2. The molecule has 0 fully saturated rings. The van der Waals surface area contributed by atoms with Crippen molar-refractivity contribution in [2.45, 2.75) is 69.8 Å². The Balaban J connectivity index is 1.98. The van der Waals surface area contributed by atoms with Gasteiger partial charge in [0.2, 0.25) is 0 Å². The minimum absolute atomic E-state index is 0.0196. The molecule has 0 radical (unpaired) electrons. The van der Waals surface area contributed by atoms with Gasteiger partial charge in [-0.05, 0) is 76.9 Å². The van der Waals surface area contributed by atoms with Crippen molar-refractivity contribution in [1.29, 1.82) is 0 Å². The molecule has 0 unspecified atom stereocenters. The largest absolute Gasteiger partial charge is 0.489 e. The van der Waals surface area contributed by atoms with Crippen LogP contribution in [0.1, 0.15) is 59.2 Å². The van der Waals surface area contributed by atoms with Crippen LogP contribution in [0.4, 0.5) is 4.39 Å². The zero-order valence-corrected chi connectivity index (χ0v) is 20.9. The molecule has 0 N–H and O–H groups in total. The average Bonchev–Trinajstić information content (AvgIpc) is 2.74. The lowest BCUT2D eigenvalue weighted by molar-refractivity contribution is -0.154. The molecule has 10 heteroatoms. The van der Waals surface area contributed by atoms with E-state index in [1.807, 2.05) is 0 Å². The lowest BCUT2D eigenvalue weighted by Gasteiger charge is -2.19. The van der Waals surface area contributed by atoms with Crippen LogP contribution in [0.3, 0.4) is 0 Å². The normalized spacial score (nSPS) is 12.6. The molecule has 0 saturated heterocycles. The van der Waals surface area contributed by atoms with Gasteiger partial charge >= 0.3 is 5.97 Å². The molecule has 1 aromatic heterocycles. The molecule has 2 aromatic rings. The van der Waals surface area contributed by atoms with E-state index in [1.165, 1.54) is 41.1 Å². The Morgan fingerprint density at radius 1 is 1.12 bits per heavy atom. The summed E-state index contributed by atoms with van der Waals surface area (Å²) < 4.78 is 50.7. The van der Waals surface area contributed by atoms with Gasteiger partial charge in [-0.1, -0.05) is 0 Å². The van der Waals surface area contributed by atoms with Crippen LogP contribution in [-0.4, -0.2) is 36.4 Å². The molecular weight excluding hydrogens is 463 g/mol. The van der Waals surface area contributed by atoms with E-state index >= 15 is 0 Å². The Hall–Kier alpha value is -3.01. The minimum atomic E-state index is -3.71. The molecule has 0 amide bonds. The third-order valence-electron chi connectivity index (χ3n) is 4.54. The SMILES string of the molecule is CC(C)n1nc(CS(=O)(=O)c2ccc(OC/C(=C/F)CCC(=O)OC(C)(C)C)cc2)ccc1=O. The highest BCUT2D eigenvalue weighted by molar-refractivity contribution is 7.90. The summed E-state index contributed by atoms with van der Waals surface area (Å²) >= 11 is 0. The molecule has 0 aliphatic heterocycles. The number of hydrogen-bond acceptors (Lipinski definition) is 7. The van der Waals surface area contributed by atoms with Crippen LogP contribution in [0.5, 0.6) is 5.75 Å². The number of ether oxygens (including phenoxy) is 2. The fourth-order valence-electron chi connectivity index (χ4n) is 2.92. The number of rotatable bonds is 10. The first-order valence-corrected chi connectivity index (χ1v) is 12.5. The van der Waals surface area contributed by atoms with Crippen LogP contribution in [0.2, 0.25) is 0 Å². The second kappa shape index (κ2) is 11.4. The van der Waals surface area contributed by atoms with Gasteiger partial charge in [0.25, 0.3) is 5.56 Å². The number of hydrogen-bond donors (Lipinski definition) is 0. The maximum absolute atomic E-state index is 13.2. The van der Waals surface area contributed by atoms with E-state index in [1.54, 1.807) is 34.6 Å². The summed E-state index contributed by atoms with van der Waals surface area (Å²) in [6.07, 6.45) is 0.557. The number of aromatic nitrogens is 2. The first-order valence-electron chi connectivity index (χ1n) is 10.8. The van der Waals surface area contributed by atoms with E-state index in [4.69, 9.17) is 9.47 Å². The van der Waals surface area contributed by atoms with Crippen molar-refractivity contribution < 1.29 is 27.1 Å². The second-order valence-corrected chi connectivity index (χ2v) is 11.1. The molecule has 1 heterocycles. The van der Waals surface area contributed by atoms with E-state index in [0.29, 0.717) is 12.1 Å². The van der Waals surface area contributed by atoms with Gasteiger partial charge < -0.3 is 9.47 Å². The lowest BCUT2D eigenvalue weighted by Crippen LogP contribution is -2.25. The van der Waals surface area contributed by atoms with Gasteiger partial charge in [0.05, 0.1) is 28.7 Å². The number of nitrogens with zero attached hydrogens (tertiary/aromatic N) is 2. The summed E-state index contributed by atoms with van der Waals surface area (Å²) in [5.74, 6) is -0.443. The summed E-state index contributed by atoms with van der Waals surface area (Å²) in [6.45, 7) is 8.74.